The van der Waals surface area contributed by atoms with Crippen LogP contribution in [0.25, 0.3) is 0 Å². The van der Waals surface area contributed by atoms with Crippen molar-refractivity contribution in [2.75, 3.05) is 0 Å². The Balaban J connectivity index is 2.12. The molecule has 3 heteroatoms. The quantitative estimate of drug-likeness (QED) is 0.690. The van der Waals surface area contributed by atoms with Crippen LogP contribution in [0.3, 0.4) is 0 Å². The molecule has 1 saturated carbocycles. The maximum Gasteiger partial charge on any atom is 0.276 e. The van der Waals surface area contributed by atoms with Crippen molar-refractivity contribution in [1.82, 2.24) is 0 Å². The van der Waals surface area contributed by atoms with E-state index < -0.39 is 11.8 Å². The Labute approximate surface area is 99.4 Å². The Morgan fingerprint density at radius 3 is 2.19 bits per heavy atom. The summed E-state index contributed by atoms with van der Waals surface area (Å²) in [6, 6.07) is 6.75. The monoisotopic (exact) mass is 242 g/mol. The topological polar surface area (TPSA) is 0 Å². The van der Waals surface area contributed by atoms with Gasteiger partial charge in [0.15, 0.2) is 0 Å². The lowest BCUT2D eigenvalue weighted by molar-refractivity contribution is -0.0285. The molecule has 0 aromatic heterocycles. The molecule has 1 aromatic carbocycles. The minimum atomic E-state index is -2.62. The summed E-state index contributed by atoms with van der Waals surface area (Å²) < 4.78 is 27.5. The second-order valence-corrected chi connectivity index (χ2v) is 6.24. The molecule has 16 heavy (non-hydrogen) atoms. The number of halogens is 2. The van der Waals surface area contributed by atoms with Gasteiger partial charge in [0.25, 0.3) is 5.92 Å². The molecular weight excluding hydrogens is 226 g/mol. The SMILES string of the molecule is CC(C)Sc1ccc(C(F)(F)C2CC2)cc1. The van der Waals surface area contributed by atoms with Crippen molar-refractivity contribution in [3.8, 4) is 0 Å². The lowest BCUT2D eigenvalue weighted by atomic mass is 10.0. The normalized spacial score (nSPS) is 16.8. The fraction of sp³-hybridized carbons (Fsp3) is 0.538. The van der Waals surface area contributed by atoms with Crippen LogP contribution < -0.4 is 0 Å². The lowest BCUT2D eigenvalue weighted by Crippen LogP contribution is -2.15. The standard InChI is InChI=1S/C13H16F2S/c1-9(2)16-12-7-5-11(6-8-12)13(14,15)10-3-4-10/h5-10H,3-4H2,1-2H3. The van der Waals surface area contributed by atoms with E-state index in [2.05, 4.69) is 13.8 Å². The second kappa shape index (κ2) is 4.36. The summed E-state index contributed by atoms with van der Waals surface area (Å²) in [4.78, 5) is 1.06. The van der Waals surface area contributed by atoms with E-state index in [9.17, 15) is 8.78 Å². The molecule has 0 aliphatic heterocycles. The maximum absolute atomic E-state index is 13.7. The van der Waals surface area contributed by atoms with E-state index in [-0.39, 0.29) is 5.56 Å². The van der Waals surface area contributed by atoms with Gasteiger partial charge in [-0.1, -0.05) is 26.0 Å². The Kier molecular flexibility index (Phi) is 3.24. The zero-order valence-corrected chi connectivity index (χ0v) is 10.4. The molecule has 0 saturated heterocycles. The zero-order chi connectivity index (χ0) is 11.8. The van der Waals surface area contributed by atoms with Crippen molar-refractivity contribution in [1.29, 1.82) is 0 Å². The summed E-state index contributed by atoms with van der Waals surface area (Å²) in [5.74, 6) is -3.04. The lowest BCUT2D eigenvalue weighted by Gasteiger charge is -2.16. The Morgan fingerprint density at radius 1 is 1.19 bits per heavy atom. The fourth-order valence-electron chi connectivity index (χ4n) is 1.71. The minimum absolute atomic E-state index is 0.170. The van der Waals surface area contributed by atoms with Crippen molar-refractivity contribution in [2.45, 2.75) is 42.8 Å². The van der Waals surface area contributed by atoms with Crippen molar-refractivity contribution < 1.29 is 8.78 Å². The number of benzene rings is 1. The van der Waals surface area contributed by atoms with Crippen molar-refractivity contribution >= 4 is 11.8 Å². The summed E-state index contributed by atoms with van der Waals surface area (Å²) in [5.41, 5.74) is 0.170. The van der Waals surface area contributed by atoms with Gasteiger partial charge in [-0.25, -0.2) is 8.78 Å². The van der Waals surface area contributed by atoms with E-state index in [4.69, 9.17) is 0 Å². The van der Waals surface area contributed by atoms with Crippen molar-refractivity contribution in [2.24, 2.45) is 5.92 Å². The van der Waals surface area contributed by atoms with Crippen LogP contribution in [0.1, 0.15) is 32.3 Å². The third kappa shape index (κ3) is 2.57. The number of thioether (sulfide) groups is 1. The van der Waals surface area contributed by atoms with E-state index in [0.29, 0.717) is 18.1 Å². The molecule has 0 atom stereocenters. The molecule has 0 spiro atoms. The van der Waals surface area contributed by atoms with Gasteiger partial charge < -0.3 is 0 Å². The van der Waals surface area contributed by atoms with Crippen molar-refractivity contribution in [3.63, 3.8) is 0 Å². The summed E-state index contributed by atoms with van der Waals surface area (Å²) >= 11 is 1.70. The molecule has 1 aliphatic rings. The van der Waals surface area contributed by atoms with Gasteiger partial charge in [-0.2, -0.15) is 0 Å². The van der Waals surface area contributed by atoms with Gasteiger partial charge in [0.1, 0.15) is 0 Å². The van der Waals surface area contributed by atoms with Gasteiger partial charge in [-0.05, 0) is 25.0 Å². The van der Waals surface area contributed by atoms with Gasteiger partial charge in [0.05, 0.1) is 0 Å². The highest BCUT2D eigenvalue weighted by Gasteiger charge is 2.47. The molecule has 88 valence electrons. The molecule has 1 fully saturated rings. The van der Waals surface area contributed by atoms with Gasteiger partial charge in [0.2, 0.25) is 0 Å². The predicted octanol–water partition coefficient (Wildman–Crippen LogP) is 4.69. The fourth-order valence-corrected chi connectivity index (χ4v) is 2.55. The molecule has 0 heterocycles. The van der Waals surface area contributed by atoms with Gasteiger partial charge in [-0.15, -0.1) is 11.8 Å². The molecule has 2 rings (SSSR count). The summed E-state index contributed by atoms with van der Waals surface area (Å²) in [5, 5.41) is 0.481. The second-order valence-electron chi connectivity index (χ2n) is 4.59. The smallest absolute Gasteiger partial charge is 0.201 e. The molecule has 0 amide bonds. The molecule has 0 radical (unpaired) electrons. The highest BCUT2D eigenvalue weighted by molar-refractivity contribution is 7.99. The van der Waals surface area contributed by atoms with Gasteiger partial charge in [-0.3, -0.25) is 0 Å². The van der Waals surface area contributed by atoms with E-state index in [1.807, 2.05) is 0 Å². The van der Waals surface area contributed by atoms with Crippen LogP contribution >= 0.6 is 11.8 Å². The van der Waals surface area contributed by atoms with Crippen LogP contribution in [0.5, 0.6) is 0 Å². The van der Waals surface area contributed by atoms with Crippen LogP contribution in [0.2, 0.25) is 0 Å². The molecule has 0 nitrogen and oxygen atoms in total. The summed E-state index contributed by atoms with van der Waals surface area (Å²) in [6.07, 6.45) is 1.32. The summed E-state index contributed by atoms with van der Waals surface area (Å²) in [7, 11) is 0. The molecule has 1 aromatic rings. The van der Waals surface area contributed by atoms with Gasteiger partial charge >= 0.3 is 0 Å². The van der Waals surface area contributed by atoms with E-state index in [1.54, 1.807) is 36.0 Å². The number of hydrogen-bond acceptors (Lipinski definition) is 1. The van der Waals surface area contributed by atoms with E-state index in [0.717, 1.165) is 4.90 Å². The van der Waals surface area contributed by atoms with E-state index in [1.165, 1.54) is 0 Å². The van der Waals surface area contributed by atoms with Crippen molar-refractivity contribution in [3.05, 3.63) is 29.8 Å². The molecule has 0 N–H and O–H groups in total. The first-order chi connectivity index (χ1) is 7.50. The van der Waals surface area contributed by atoms with Crippen LogP contribution in [0, 0.1) is 5.92 Å². The predicted molar refractivity (Wildman–Crippen MR) is 64.1 cm³/mol. The Morgan fingerprint density at radius 2 is 1.75 bits per heavy atom. The molecule has 1 aliphatic carbocycles. The van der Waals surface area contributed by atoms with Crippen LogP contribution in [0.4, 0.5) is 8.78 Å². The first-order valence-corrected chi connectivity index (χ1v) is 6.53. The maximum atomic E-state index is 13.7. The Bertz CT molecular complexity index is 353. The van der Waals surface area contributed by atoms with Crippen LogP contribution in [-0.2, 0) is 5.92 Å². The zero-order valence-electron chi connectivity index (χ0n) is 9.54. The average Bonchev–Trinajstić information content (AvgIpc) is 3.00. The molecular formula is C13H16F2S. The van der Waals surface area contributed by atoms with Crippen LogP contribution in [0.15, 0.2) is 29.2 Å². The molecule has 0 unspecified atom stereocenters. The number of alkyl halides is 2. The molecule has 0 bridgehead atoms. The first kappa shape index (κ1) is 11.9. The van der Waals surface area contributed by atoms with E-state index >= 15 is 0 Å². The first-order valence-electron chi connectivity index (χ1n) is 5.65. The van der Waals surface area contributed by atoms with Gasteiger partial charge in [0, 0.05) is 21.6 Å². The minimum Gasteiger partial charge on any atom is -0.201 e. The highest BCUT2D eigenvalue weighted by atomic mass is 32.2. The third-order valence-electron chi connectivity index (χ3n) is 2.70. The highest BCUT2D eigenvalue weighted by Crippen LogP contribution is 2.49. The number of hydrogen-bond donors (Lipinski definition) is 0. The third-order valence-corrected chi connectivity index (χ3v) is 3.72. The summed E-state index contributed by atoms with van der Waals surface area (Å²) in [6.45, 7) is 4.19. The average molecular weight is 242 g/mol. The Hall–Kier alpha value is -0.570. The largest absolute Gasteiger partial charge is 0.276 e. The van der Waals surface area contributed by atoms with Crippen LogP contribution in [-0.4, -0.2) is 5.25 Å². The number of rotatable bonds is 4.